The Morgan fingerprint density at radius 1 is 0.970 bits per heavy atom. The fraction of sp³-hybridized carbons (Fsp3) is 0.393. The summed E-state index contributed by atoms with van der Waals surface area (Å²) in [5.74, 6) is 0.801. The quantitative estimate of drug-likeness (QED) is 0.346. The van der Waals surface area contributed by atoms with Crippen molar-refractivity contribution in [2.75, 3.05) is 14.2 Å². The summed E-state index contributed by atoms with van der Waals surface area (Å²) in [6.07, 6.45) is 3.06. The summed E-state index contributed by atoms with van der Waals surface area (Å²) in [6.45, 7) is 8.90. The minimum Gasteiger partial charge on any atom is -0.489 e. The lowest BCUT2D eigenvalue weighted by Crippen LogP contribution is -2.21. The summed E-state index contributed by atoms with van der Waals surface area (Å²) >= 11 is 0. The maximum atomic E-state index is 14.8. The molecular formula is C28H34FNO3. The van der Waals surface area contributed by atoms with E-state index in [1.807, 2.05) is 24.3 Å². The molecule has 33 heavy (non-hydrogen) atoms. The molecule has 2 aromatic carbocycles. The topological polar surface area (TPSA) is 40.6 Å². The van der Waals surface area contributed by atoms with Crippen molar-refractivity contribution in [3.8, 4) is 22.8 Å². The Morgan fingerprint density at radius 2 is 1.76 bits per heavy atom. The van der Waals surface area contributed by atoms with Gasteiger partial charge in [-0.25, -0.2) is 9.37 Å². The molecule has 0 saturated carbocycles. The molecule has 0 spiro atoms. The van der Waals surface area contributed by atoms with E-state index in [9.17, 15) is 4.39 Å². The maximum absolute atomic E-state index is 14.8. The SMILES string of the molecule is CCCc1cccc(OCc2ccc(-c3cc(OC)ncc3F)c([C@@H](OC)C(C)(C)C)c2)c1. The number of ether oxygens (including phenoxy) is 3. The Morgan fingerprint density at radius 3 is 2.42 bits per heavy atom. The number of pyridine rings is 1. The molecule has 1 heterocycles. The van der Waals surface area contributed by atoms with Gasteiger partial charge < -0.3 is 14.2 Å². The summed E-state index contributed by atoms with van der Waals surface area (Å²) in [7, 11) is 3.21. The lowest BCUT2D eigenvalue weighted by molar-refractivity contribution is 0.0155. The van der Waals surface area contributed by atoms with Crippen LogP contribution >= 0.6 is 0 Å². The van der Waals surface area contributed by atoms with Crippen LogP contribution in [0.4, 0.5) is 4.39 Å². The molecule has 176 valence electrons. The van der Waals surface area contributed by atoms with Crippen molar-refractivity contribution in [3.63, 3.8) is 0 Å². The van der Waals surface area contributed by atoms with Crippen molar-refractivity contribution < 1.29 is 18.6 Å². The fourth-order valence-corrected chi connectivity index (χ4v) is 4.09. The Bertz CT molecular complexity index is 1070. The number of benzene rings is 2. The minimum atomic E-state index is -0.405. The van der Waals surface area contributed by atoms with E-state index in [1.54, 1.807) is 13.2 Å². The Balaban J connectivity index is 2.00. The zero-order chi connectivity index (χ0) is 24.0. The van der Waals surface area contributed by atoms with Gasteiger partial charge in [0.05, 0.1) is 19.4 Å². The standard InChI is InChI=1S/C28H34FNO3/c1-7-9-19-10-8-11-21(14-19)33-18-20-12-13-22(23-16-26(31-5)30-17-25(23)29)24(15-20)27(32-6)28(2,3)4/h8,10-17,27H,7,9,18H2,1-6H3/t27-/m1/s1. The average Bonchev–Trinajstić information content (AvgIpc) is 2.78. The normalized spacial score (nSPS) is 12.5. The van der Waals surface area contributed by atoms with Crippen molar-refractivity contribution in [1.29, 1.82) is 0 Å². The largest absolute Gasteiger partial charge is 0.489 e. The average molecular weight is 452 g/mol. The first-order chi connectivity index (χ1) is 15.8. The number of nitrogens with zero attached hydrogens (tertiary/aromatic N) is 1. The zero-order valence-electron chi connectivity index (χ0n) is 20.4. The molecule has 1 atom stereocenters. The number of aryl methyl sites for hydroxylation is 1. The highest BCUT2D eigenvalue weighted by Crippen LogP contribution is 2.41. The van der Waals surface area contributed by atoms with Crippen LogP contribution in [0, 0.1) is 11.2 Å². The third-order valence-corrected chi connectivity index (χ3v) is 5.59. The van der Waals surface area contributed by atoms with E-state index >= 15 is 0 Å². The molecule has 1 aromatic heterocycles. The second-order valence-electron chi connectivity index (χ2n) is 9.30. The van der Waals surface area contributed by atoms with Gasteiger partial charge in [-0.15, -0.1) is 0 Å². The van der Waals surface area contributed by atoms with Crippen molar-refractivity contribution in [3.05, 3.63) is 77.2 Å². The molecule has 4 nitrogen and oxygen atoms in total. The first kappa shape index (κ1) is 24.7. The van der Waals surface area contributed by atoms with Gasteiger partial charge in [0.1, 0.15) is 18.2 Å². The van der Waals surface area contributed by atoms with Crippen LogP contribution in [0.5, 0.6) is 11.6 Å². The van der Waals surface area contributed by atoms with E-state index in [1.165, 1.54) is 18.9 Å². The summed E-state index contributed by atoms with van der Waals surface area (Å²) in [4.78, 5) is 3.98. The first-order valence-corrected chi connectivity index (χ1v) is 11.3. The summed E-state index contributed by atoms with van der Waals surface area (Å²) in [5.41, 5.74) is 4.14. The van der Waals surface area contributed by atoms with E-state index < -0.39 is 5.82 Å². The number of hydrogen-bond acceptors (Lipinski definition) is 4. The van der Waals surface area contributed by atoms with Crippen LogP contribution in [-0.4, -0.2) is 19.2 Å². The molecule has 0 unspecified atom stereocenters. The van der Waals surface area contributed by atoms with Gasteiger partial charge in [0, 0.05) is 18.7 Å². The Kier molecular flexibility index (Phi) is 8.09. The molecular weight excluding hydrogens is 417 g/mol. The van der Waals surface area contributed by atoms with Crippen LogP contribution in [0.25, 0.3) is 11.1 Å². The highest BCUT2D eigenvalue weighted by Gasteiger charge is 2.29. The Hall–Kier alpha value is -2.92. The minimum absolute atomic E-state index is 0.203. The van der Waals surface area contributed by atoms with Gasteiger partial charge in [-0.2, -0.15) is 0 Å². The maximum Gasteiger partial charge on any atom is 0.213 e. The van der Waals surface area contributed by atoms with Gasteiger partial charge in [0.25, 0.3) is 0 Å². The molecule has 0 radical (unpaired) electrons. The lowest BCUT2D eigenvalue weighted by atomic mass is 9.81. The summed E-state index contributed by atoms with van der Waals surface area (Å²) in [5, 5.41) is 0. The van der Waals surface area contributed by atoms with E-state index in [2.05, 4.69) is 50.9 Å². The summed E-state index contributed by atoms with van der Waals surface area (Å²) in [6, 6.07) is 15.8. The molecule has 0 N–H and O–H groups in total. The predicted molar refractivity (Wildman–Crippen MR) is 130 cm³/mol. The smallest absolute Gasteiger partial charge is 0.213 e. The molecule has 5 heteroatoms. The van der Waals surface area contributed by atoms with Crippen molar-refractivity contribution in [1.82, 2.24) is 4.98 Å². The number of methoxy groups -OCH3 is 2. The van der Waals surface area contributed by atoms with Crippen LogP contribution < -0.4 is 9.47 Å². The van der Waals surface area contributed by atoms with Gasteiger partial charge in [0.2, 0.25) is 5.88 Å². The van der Waals surface area contributed by atoms with Gasteiger partial charge >= 0.3 is 0 Å². The predicted octanol–water partition coefficient (Wildman–Crippen LogP) is 7.16. The van der Waals surface area contributed by atoms with Crippen molar-refractivity contribution >= 4 is 0 Å². The molecule has 0 fully saturated rings. The third-order valence-electron chi connectivity index (χ3n) is 5.59. The second-order valence-corrected chi connectivity index (χ2v) is 9.30. The molecule has 0 amide bonds. The monoisotopic (exact) mass is 451 g/mol. The second kappa shape index (κ2) is 10.8. The molecule has 0 saturated heterocycles. The van der Waals surface area contributed by atoms with Gasteiger partial charge in [0.15, 0.2) is 0 Å². The van der Waals surface area contributed by atoms with Gasteiger partial charge in [-0.1, -0.05) is 58.4 Å². The molecule has 3 aromatic rings. The van der Waals surface area contributed by atoms with E-state index in [0.29, 0.717) is 18.1 Å². The Labute approximate surface area is 196 Å². The van der Waals surface area contributed by atoms with E-state index in [4.69, 9.17) is 14.2 Å². The molecule has 3 rings (SSSR count). The van der Waals surface area contributed by atoms with Crippen LogP contribution in [0.3, 0.4) is 0 Å². The van der Waals surface area contributed by atoms with Crippen LogP contribution in [0.15, 0.2) is 54.7 Å². The third kappa shape index (κ3) is 6.11. The molecule has 0 aliphatic rings. The summed E-state index contributed by atoms with van der Waals surface area (Å²) < 4.78 is 32.1. The van der Waals surface area contributed by atoms with E-state index in [-0.39, 0.29) is 11.5 Å². The van der Waals surface area contributed by atoms with Crippen LogP contribution in [-0.2, 0) is 17.8 Å². The zero-order valence-corrected chi connectivity index (χ0v) is 20.4. The first-order valence-electron chi connectivity index (χ1n) is 11.3. The van der Waals surface area contributed by atoms with Gasteiger partial charge in [-0.3, -0.25) is 0 Å². The number of rotatable bonds is 9. The molecule has 0 aliphatic carbocycles. The molecule has 0 aliphatic heterocycles. The fourth-order valence-electron chi connectivity index (χ4n) is 4.09. The van der Waals surface area contributed by atoms with Crippen LogP contribution in [0.2, 0.25) is 0 Å². The molecule has 0 bridgehead atoms. The number of hydrogen-bond donors (Lipinski definition) is 0. The van der Waals surface area contributed by atoms with Crippen LogP contribution in [0.1, 0.15) is 56.9 Å². The van der Waals surface area contributed by atoms with Crippen molar-refractivity contribution in [2.24, 2.45) is 5.41 Å². The highest BCUT2D eigenvalue weighted by atomic mass is 19.1. The van der Waals surface area contributed by atoms with Crippen molar-refractivity contribution in [2.45, 2.75) is 53.2 Å². The number of halogens is 1. The number of aromatic nitrogens is 1. The lowest BCUT2D eigenvalue weighted by Gasteiger charge is -2.32. The van der Waals surface area contributed by atoms with Gasteiger partial charge in [-0.05, 0) is 52.3 Å². The highest BCUT2D eigenvalue weighted by molar-refractivity contribution is 5.70. The van der Waals surface area contributed by atoms with E-state index in [0.717, 1.165) is 35.3 Å².